The van der Waals surface area contributed by atoms with E-state index in [0.717, 1.165) is 18.0 Å². The summed E-state index contributed by atoms with van der Waals surface area (Å²) in [5, 5.41) is 12.8. The van der Waals surface area contributed by atoms with Gasteiger partial charge in [-0.05, 0) is 11.4 Å². The quantitative estimate of drug-likeness (QED) is 0.476. The molecule has 0 radical (unpaired) electrons. The maximum atomic E-state index is 12.8. The zero-order valence-corrected chi connectivity index (χ0v) is 16.2. The minimum Gasteiger partial charge on any atom is -0.507 e. The van der Waals surface area contributed by atoms with E-state index in [1.165, 1.54) is 11.3 Å². The Kier molecular flexibility index (Phi) is 5.57. The van der Waals surface area contributed by atoms with E-state index in [1.54, 1.807) is 29.2 Å². The van der Waals surface area contributed by atoms with Gasteiger partial charge in [0.2, 0.25) is 0 Å². The van der Waals surface area contributed by atoms with Gasteiger partial charge in [0, 0.05) is 36.6 Å². The number of aliphatic hydroxyl groups excluding tert-OH is 1. The third-order valence-corrected chi connectivity index (χ3v) is 6.09. The summed E-state index contributed by atoms with van der Waals surface area (Å²) in [6.45, 7) is 4.10. The second kappa shape index (κ2) is 8.26. The van der Waals surface area contributed by atoms with Crippen LogP contribution in [0, 0.1) is 0 Å². The second-order valence-electron chi connectivity index (χ2n) is 6.83. The first-order valence-corrected chi connectivity index (χ1v) is 10.2. The molecule has 1 N–H and O–H groups in total. The summed E-state index contributed by atoms with van der Waals surface area (Å²) >= 11 is 1.48. The van der Waals surface area contributed by atoms with E-state index < -0.39 is 17.7 Å². The number of ketones is 1. The number of Topliss-reactive ketones (excluding diaryl/α,β-unsaturated/α-hetero) is 1. The SMILES string of the molecule is O=C1C(=O)N(CCN2CCOCC2)[C@@H](c2cccs2)C1=C(O)c1ccccc1. The second-order valence-corrected chi connectivity index (χ2v) is 7.81. The van der Waals surface area contributed by atoms with Crippen LogP contribution in [0.25, 0.3) is 5.76 Å². The number of benzene rings is 1. The summed E-state index contributed by atoms with van der Waals surface area (Å²) in [6.07, 6.45) is 0. The van der Waals surface area contributed by atoms with Gasteiger partial charge in [0.15, 0.2) is 0 Å². The van der Waals surface area contributed by atoms with Crippen molar-refractivity contribution in [1.82, 2.24) is 9.80 Å². The molecule has 7 heteroatoms. The van der Waals surface area contributed by atoms with Crippen molar-refractivity contribution < 1.29 is 19.4 Å². The molecule has 3 heterocycles. The Morgan fingerprint density at radius 2 is 1.82 bits per heavy atom. The van der Waals surface area contributed by atoms with Gasteiger partial charge in [0.1, 0.15) is 5.76 Å². The molecule has 2 saturated heterocycles. The van der Waals surface area contributed by atoms with Gasteiger partial charge in [-0.1, -0.05) is 36.4 Å². The van der Waals surface area contributed by atoms with Crippen LogP contribution >= 0.6 is 11.3 Å². The Labute approximate surface area is 167 Å². The summed E-state index contributed by atoms with van der Waals surface area (Å²) in [5.41, 5.74) is 0.705. The highest BCUT2D eigenvalue weighted by molar-refractivity contribution is 7.10. The number of hydrogen-bond donors (Lipinski definition) is 1. The molecule has 2 aromatic rings. The molecular weight excluding hydrogens is 376 g/mol. The molecule has 0 unspecified atom stereocenters. The summed E-state index contributed by atoms with van der Waals surface area (Å²) in [4.78, 5) is 30.4. The monoisotopic (exact) mass is 398 g/mol. The van der Waals surface area contributed by atoms with Crippen LogP contribution in [0.2, 0.25) is 0 Å². The lowest BCUT2D eigenvalue weighted by Gasteiger charge is -2.30. The van der Waals surface area contributed by atoms with E-state index in [9.17, 15) is 14.7 Å². The van der Waals surface area contributed by atoms with E-state index in [-0.39, 0.29) is 11.3 Å². The first-order valence-electron chi connectivity index (χ1n) is 9.34. The van der Waals surface area contributed by atoms with E-state index >= 15 is 0 Å². The molecule has 0 spiro atoms. The first-order chi connectivity index (χ1) is 13.7. The molecule has 6 nitrogen and oxygen atoms in total. The number of hydrogen-bond acceptors (Lipinski definition) is 6. The van der Waals surface area contributed by atoms with Crippen molar-refractivity contribution >= 4 is 28.8 Å². The van der Waals surface area contributed by atoms with Crippen LogP contribution in [0.15, 0.2) is 53.4 Å². The van der Waals surface area contributed by atoms with Gasteiger partial charge in [-0.15, -0.1) is 11.3 Å². The van der Waals surface area contributed by atoms with Crippen molar-refractivity contribution in [2.24, 2.45) is 0 Å². The van der Waals surface area contributed by atoms with Crippen molar-refractivity contribution in [2.45, 2.75) is 6.04 Å². The summed E-state index contributed by atoms with van der Waals surface area (Å²) in [6, 6.07) is 12.2. The van der Waals surface area contributed by atoms with Crippen molar-refractivity contribution in [2.75, 3.05) is 39.4 Å². The van der Waals surface area contributed by atoms with Crippen molar-refractivity contribution in [3.8, 4) is 0 Å². The third-order valence-electron chi connectivity index (χ3n) is 5.16. The molecule has 1 amide bonds. The number of carbonyl (C=O) groups is 2. The third kappa shape index (κ3) is 3.61. The maximum absolute atomic E-state index is 12.8. The zero-order valence-electron chi connectivity index (χ0n) is 15.4. The number of carbonyl (C=O) groups excluding carboxylic acids is 2. The Bertz CT molecular complexity index is 873. The standard InChI is InChI=1S/C21H22N2O4S/c24-19(15-5-2-1-3-6-15)17-18(16-7-4-14-28-16)23(21(26)20(17)25)9-8-22-10-12-27-13-11-22/h1-7,14,18,24H,8-13H2/t18-/m0/s1. The molecule has 2 fully saturated rings. The van der Waals surface area contributed by atoms with Crippen LogP contribution in [-0.4, -0.2) is 66.0 Å². The van der Waals surface area contributed by atoms with Gasteiger partial charge in [-0.3, -0.25) is 14.5 Å². The van der Waals surface area contributed by atoms with Gasteiger partial charge < -0.3 is 14.7 Å². The smallest absolute Gasteiger partial charge is 0.295 e. The predicted octanol–water partition coefficient (Wildman–Crippen LogP) is 2.50. The van der Waals surface area contributed by atoms with Gasteiger partial charge in [0.05, 0.1) is 24.8 Å². The Morgan fingerprint density at radius 3 is 2.50 bits per heavy atom. The summed E-state index contributed by atoms with van der Waals surface area (Å²) < 4.78 is 5.37. The molecule has 2 aliphatic heterocycles. The highest BCUT2D eigenvalue weighted by atomic mass is 32.1. The largest absolute Gasteiger partial charge is 0.507 e. The fraction of sp³-hybridized carbons (Fsp3) is 0.333. The molecule has 1 aromatic carbocycles. The van der Waals surface area contributed by atoms with E-state index in [0.29, 0.717) is 31.9 Å². The number of ether oxygens (including phenoxy) is 1. The fourth-order valence-corrected chi connectivity index (χ4v) is 4.52. The minimum atomic E-state index is -0.623. The number of nitrogens with zero attached hydrogens (tertiary/aromatic N) is 2. The lowest BCUT2D eigenvalue weighted by atomic mass is 10.00. The van der Waals surface area contributed by atoms with Crippen LogP contribution in [0.4, 0.5) is 0 Å². The number of morpholine rings is 1. The number of aliphatic hydroxyl groups is 1. The van der Waals surface area contributed by atoms with Gasteiger partial charge in [0.25, 0.3) is 11.7 Å². The Morgan fingerprint density at radius 1 is 1.07 bits per heavy atom. The topological polar surface area (TPSA) is 70.1 Å². The number of amides is 1. The number of thiophene rings is 1. The van der Waals surface area contributed by atoms with Crippen LogP contribution in [-0.2, 0) is 14.3 Å². The minimum absolute atomic E-state index is 0.119. The molecule has 146 valence electrons. The van der Waals surface area contributed by atoms with Crippen LogP contribution in [0.5, 0.6) is 0 Å². The van der Waals surface area contributed by atoms with E-state index in [2.05, 4.69) is 4.90 Å². The van der Waals surface area contributed by atoms with Gasteiger partial charge in [-0.2, -0.15) is 0 Å². The maximum Gasteiger partial charge on any atom is 0.295 e. The van der Waals surface area contributed by atoms with E-state index in [1.807, 2.05) is 23.6 Å². The predicted molar refractivity (Wildman–Crippen MR) is 107 cm³/mol. The van der Waals surface area contributed by atoms with Crippen molar-refractivity contribution in [1.29, 1.82) is 0 Å². The Balaban J connectivity index is 1.68. The summed E-state index contributed by atoms with van der Waals surface area (Å²) in [7, 11) is 0. The molecule has 0 saturated carbocycles. The van der Waals surface area contributed by atoms with E-state index in [4.69, 9.17) is 4.74 Å². The molecule has 2 aliphatic rings. The summed E-state index contributed by atoms with van der Waals surface area (Å²) in [5.74, 6) is -1.29. The Hall–Kier alpha value is -2.48. The molecule has 0 aliphatic carbocycles. The molecule has 4 rings (SSSR count). The lowest BCUT2D eigenvalue weighted by Crippen LogP contribution is -2.42. The van der Waals surface area contributed by atoms with Gasteiger partial charge in [-0.25, -0.2) is 0 Å². The zero-order chi connectivity index (χ0) is 19.5. The molecule has 28 heavy (non-hydrogen) atoms. The highest BCUT2D eigenvalue weighted by Gasteiger charge is 2.46. The molecule has 1 atom stereocenters. The average molecular weight is 398 g/mol. The average Bonchev–Trinajstić information content (AvgIpc) is 3.35. The van der Waals surface area contributed by atoms with Crippen LogP contribution in [0.1, 0.15) is 16.5 Å². The highest BCUT2D eigenvalue weighted by Crippen LogP contribution is 2.40. The van der Waals surface area contributed by atoms with Crippen molar-refractivity contribution in [3.63, 3.8) is 0 Å². The molecule has 1 aromatic heterocycles. The first kappa shape index (κ1) is 18.9. The molecular formula is C21H22N2O4S. The van der Waals surface area contributed by atoms with Crippen molar-refractivity contribution in [3.05, 3.63) is 63.9 Å². The number of likely N-dealkylation sites (tertiary alicyclic amines) is 1. The number of rotatable bonds is 5. The molecule has 0 bridgehead atoms. The van der Waals surface area contributed by atoms with Crippen LogP contribution in [0.3, 0.4) is 0 Å². The fourth-order valence-electron chi connectivity index (χ4n) is 3.68. The lowest BCUT2D eigenvalue weighted by molar-refractivity contribution is -0.140. The van der Waals surface area contributed by atoms with Gasteiger partial charge >= 0.3 is 0 Å². The van der Waals surface area contributed by atoms with Crippen LogP contribution < -0.4 is 0 Å². The normalized spacial score (nSPS) is 22.7.